The smallest absolute Gasteiger partial charge is 0.305 e. The molecule has 100 valence electrons. The summed E-state index contributed by atoms with van der Waals surface area (Å²) in [6.45, 7) is 4.51. The number of aliphatic hydroxyl groups is 1. The molecule has 0 spiro atoms. The maximum atomic E-state index is 11.3. The van der Waals surface area contributed by atoms with Gasteiger partial charge in [-0.05, 0) is 30.4 Å². The number of carbonyl (C=O) groups excluding carboxylic acids is 1. The van der Waals surface area contributed by atoms with E-state index in [1.807, 2.05) is 31.2 Å². The molecule has 0 bridgehead atoms. The second-order valence-corrected chi connectivity index (χ2v) is 4.37. The standard InChI is InChI=1S/C15H22O3/c1-3-11-18-15(17)10-9-14(16)13-7-5-12(4-2)6-8-13/h5-8,14,16H,3-4,9-11H2,1-2H3. The van der Waals surface area contributed by atoms with Crippen LogP contribution in [0.2, 0.25) is 0 Å². The Hall–Kier alpha value is -1.35. The second kappa shape index (κ2) is 7.88. The number of hydrogen-bond acceptors (Lipinski definition) is 3. The lowest BCUT2D eigenvalue weighted by atomic mass is 10.0. The van der Waals surface area contributed by atoms with Gasteiger partial charge < -0.3 is 9.84 Å². The van der Waals surface area contributed by atoms with Crippen LogP contribution in [0.25, 0.3) is 0 Å². The van der Waals surface area contributed by atoms with Gasteiger partial charge in [0.25, 0.3) is 0 Å². The molecular weight excluding hydrogens is 228 g/mol. The van der Waals surface area contributed by atoms with E-state index in [2.05, 4.69) is 6.92 Å². The van der Waals surface area contributed by atoms with Crippen LogP contribution in [0.4, 0.5) is 0 Å². The number of rotatable bonds is 7. The Labute approximate surface area is 109 Å². The molecule has 3 nitrogen and oxygen atoms in total. The van der Waals surface area contributed by atoms with Crippen molar-refractivity contribution >= 4 is 5.97 Å². The van der Waals surface area contributed by atoms with Gasteiger partial charge >= 0.3 is 5.97 Å². The van der Waals surface area contributed by atoms with E-state index in [1.54, 1.807) is 0 Å². The number of benzene rings is 1. The van der Waals surface area contributed by atoms with Crippen molar-refractivity contribution in [2.45, 2.75) is 45.6 Å². The molecule has 1 aromatic carbocycles. The van der Waals surface area contributed by atoms with E-state index in [0.29, 0.717) is 13.0 Å². The number of hydrogen-bond donors (Lipinski definition) is 1. The summed E-state index contributed by atoms with van der Waals surface area (Å²) in [5.74, 6) is -0.235. The summed E-state index contributed by atoms with van der Waals surface area (Å²) in [4.78, 5) is 11.3. The molecule has 0 aliphatic carbocycles. The van der Waals surface area contributed by atoms with Crippen LogP contribution >= 0.6 is 0 Å². The molecule has 1 N–H and O–H groups in total. The molecule has 1 unspecified atom stereocenters. The van der Waals surface area contributed by atoms with Crippen molar-refractivity contribution in [2.24, 2.45) is 0 Å². The van der Waals surface area contributed by atoms with Crippen LogP contribution in [0.5, 0.6) is 0 Å². The number of ether oxygens (including phenoxy) is 1. The van der Waals surface area contributed by atoms with Crippen molar-refractivity contribution in [1.29, 1.82) is 0 Å². The Kier molecular flexibility index (Phi) is 6.44. The van der Waals surface area contributed by atoms with Crippen LogP contribution in [0.1, 0.15) is 50.3 Å². The molecule has 0 saturated carbocycles. The minimum absolute atomic E-state index is 0.235. The van der Waals surface area contributed by atoms with Crippen molar-refractivity contribution in [2.75, 3.05) is 6.61 Å². The molecule has 1 atom stereocenters. The fourth-order valence-electron chi connectivity index (χ4n) is 1.68. The van der Waals surface area contributed by atoms with Gasteiger partial charge in [-0.2, -0.15) is 0 Å². The first kappa shape index (κ1) is 14.7. The van der Waals surface area contributed by atoms with E-state index >= 15 is 0 Å². The van der Waals surface area contributed by atoms with E-state index < -0.39 is 6.10 Å². The molecule has 0 aromatic heterocycles. The van der Waals surface area contributed by atoms with Gasteiger partial charge in [-0.15, -0.1) is 0 Å². The zero-order valence-electron chi connectivity index (χ0n) is 11.2. The SMILES string of the molecule is CCCOC(=O)CCC(O)c1ccc(CC)cc1. The summed E-state index contributed by atoms with van der Waals surface area (Å²) in [5.41, 5.74) is 2.10. The Balaban J connectivity index is 2.39. The predicted molar refractivity (Wildman–Crippen MR) is 71.3 cm³/mol. The highest BCUT2D eigenvalue weighted by Gasteiger charge is 2.11. The van der Waals surface area contributed by atoms with Gasteiger partial charge in [0.2, 0.25) is 0 Å². The minimum Gasteiger partial charge on any atom is -0.466 e. The molecular formula is C15H22O3. The summed E-state index contributed by atoms with van der Waals surface area (Å²) in [6.07, 6.45) is 1.89. The second-order valence-electron chi connectivity index (χ2n) is 4.37. The van der Waals surface area contributed by atoms with Gasteiger partial charge in [0.15, 0.2) is 0 Å². The largest absolute Gasteiger partial charge is 0.466 e. The lowest BCUT2D eigenvalue weighted by molar-refractivity contribution is -0.144. The predicted octanol–water partition coefficient (Wildman–Crippen LogP) is 3.02. The van der Waals surface area contributed by atoms with Crippen LogP contribution in [0.15, 0.2) is 24.3 Å². The molecule has 0 aliphatic rings. The van der Waals surface area contributed by atoms with Gasteiger partial charge in [0.05, 0.1) is 12.7 Å². The van der Waals surface area contributed by atoms with Gasteiger partial charge in [0.1, 0.15) is 0 Å². The summed E-state index contributed by atoms with van der Waals surface area (Å²) in [5, 5.41) is 9.95. The van der Waals surface area contributed by atoms with E-state index in [9.17, 15) is 9.90 Å². The topological polar surface area (TPSA) is 46.5 Å². The van der Waals surface area contributed by atoms with E-state index in [4.69, 9.17) is 4.74 Å². The van der Waals surface area contributed by atoms with Crippen LogP contribution in [-0.2, 0) is 16.0 Å². The maximum absolute atomic E-state index is 11.3. The molecule has 0 fully saturated rings. The first-order valence-electron chi connectivity index (χ1n) is 6.59. The molecule has 0 saturated heterocycles. The van der Waals surface area contributed by atoms with Crippen LogP contribution in [-0.4, -0.2) is 17.7 Å². The van der Waals surface area contributed by atoms with Crippen LogP contribution < -0.4 is 0 Å². The van der Waals surface area contributed by atoms with E-state index in [0.717, 1.165) is 18.4 Å². The van der Waals surface area contributed by atoms with Crippen molar-refractivity contribution < 1.29 is 14.6 Å². The molecule has 18 heavy (non-hydrogen) atoms. The first-order chi connectivity index (χ1) is 8.67. The Morgan fingerprint density at radius 3 is 2.50 bits per heavy atom. The van der Waals surface area contributed by atoms with Crippen molar-refractivity contribution in [3.8, 4) is 0 Å². The molecule has 1 rings (SSSR count). The average Bonchev–Trinajstić information content (AvgIpc) is 2.42. The summed E-state index contributed by atoms with van der Waals surface area (Å²) < 4.78 is 4.96. The Morgan fingerprint density at radius 2 is 1.94 bits per heavy atom. The quantitative estimate of drug-likeness (QED) is 0.757. The fraction of sp³-hybridized carbons (Fsp3) is 0.533. The molecule has 3 heteroatoms. The van der Waals surface area contributed by atoms with Gasteiger partial charge in [-0.1, -0.05) is 38.1 Å². The lowest BCUT2D eigenvalue weighted by Gasteiger charge is -2.11. The highest BCUT2D eigenvalue weighted by molar-refractivity contribution is 5.69. The number of aryl methyl sites for hydroxylation is 1. The third-order valence-electron chi connectivity index (χ3n) is 2.86. The van der Waals surface area contributed by atoms with E-state index in [1.165, 1.54) is 5.56 Å². The molecule has 0 aliphatic heterocycles. The van der Waals surface area contributed by atoms with Crippen LogP contribution in [0.3, 0.4) is 0 Å². The number of aliphatic hydroxyl groups excluding tert-OH is 1. The van der Waals surface area contributed by atoms with Crippen molar-refractivity contribution in [1.82, 2.24) is 0 Å². The van der Waals surface area contributed by atoms with Crippen LogP contribution in [0, 0.1) is 0 Å². The molecule has 0 amide bonds. The van der Waals surface area contributed by atoms with Gasteiger partial charge in [0, 0.05) is 6.42 Å². The Morgan fingerprint density at radius 1 is 1.28 bits per heavy atom. The summed E-state index contributed by atoms with van der Waals surface area (Å²) in [7, 11) is 0. The van der Waals surface area contributed by atoms with Gasteiger partial charge in [-0.25, -0.2) is 0 Å². The highest BCUT2D eigenvalue weighted by Crippen LogP contribution is 2.19. The fourth-order valence-corrected chi connectivity index (χ4v) is 1.68. The summed E-state index contributed by atoms with van der Waals surface area (Å²) >= 11 is 0. The van der Waals surface area contributed by atoms with Crippen molar-refractivity contribution in [3.63, 3.8) is 0 Å². The molecule has 1 aromatic rings. The average molecular weight is 250 g/mol. The third kappa shape index (κ3) is 4.88. The van der Waals surface area contributed by atoms with E-state index in [-0.39, 0.29) is 12.4 Å². The Bertz CT molecular complexity index is 357. The lowest BCUT2D eigenvalue weighted by Crippen LogP contribution is -2.08. The zero-order chi connectivity index (χ0) is 13.4. The maximum Gasteiger partial charge on any atom is 0.305 e. The highest BCUT2D eigenvalue weighted by atomic mass is 16.5. The molecule has 0 radical (unpaired) electrons. The normalized spacial score (nSPS) is 12.2. The zero-order valence-corrected chi connectivity index (χ0v) is 11.2. The number of esters is 1. The van der Waals surface area contributed by atoms with Crippen molar-refractivity contribution in [3.05, 3.63) is 35.4 Å². The summed E-state index contributed by atoms with van der Waals surface area (Å²) in [6, 6.07) is 7.85. The first-order valence-corrected chi connectivity index (χ1v) is 6.59. The molecule has 0 heterocycles. The minimum atomic E-state index is -0.593. The third-order valence-corrected chi connectivity index (χ3v) is 2.86. The monoisotopic (exact) mass is 250 g/mol. The van der Waals surface area contributed by atoms with Gasteiger partial charge in [-0.3, -0.25) is 4.79 Å². The number of carbonyl (C=O) groups is 1.